The summed E-state index contributed by atoms with van der Waals surface area (Å²) in [5.41, 5.74) is 4.09. The van der Waals surface area contributed by atoms with Gasteiger partial charge in [0.05, 0.1) is 11.1 Å². The largest absolute Gasteiger partial charge is 0.507 e. The number of nitro benzene ring substituents is 1. The molecule has 0 aliphatic carbocycles. The second-order valence-electron chi connectivity index (χ2n) is 4.49. The summed E-state index contributed by atoms with van der Waals surface area (Å²) in [6.07, 6.45) is 3.66. The van der Waals surface area contributed by atoms with Crippen LogP contribution in [0.2, 0.25) is 0 Å². The molecule has 0 aromatic heterocycles. The molecule has 0 unspecified atom stereocenters. The van der Waals surface area contributed by atoms with Gasteiger partial charge in [0, 0.05) is 11.6 Å². The van der Waals surface area contributed by atoms with Crippen molar-refractivity contribution in [2.45, 2.75) is 6.42 Å². The van der Waals surface area contributed by atoms with Crippen molar-refractivity contribution in [1.29, 1.82) is 0 Å². The third kappa shape index (κ3) is 3.49. The summed E-state index contributed by atoms with van der Waals surface area (Å²) >= 11 is 0. The Hall–Kier alpha value is -3.15. The Morgan fingerprint density at radius 3 is 2.77 bits per heavy atom. The van der Waals surface area contributed by atoms with Crippen LogP contribution in [0.1, 0.15) is 11.1 Å². The van der Waals surface area contributed by atoms with E-state index in [1.54, 1.807) is 42.5 Å². The Kier molecular flexibility index (Phi) is 4.87. The fraction of sp³-hybridized carbons (Fsp3) is 0.0625. The van der Waals surface area contributed by atoms with Gasteiger partial charge in [-0.1, -0.05) is 30.3 Å². The van der Waals surface area contributed by atoms with Crippen LogP contribution >= 0.6 is 0 Å². The number of allylic oxidation sites excluding steroid dienone is 1. The van der Waals surface area contributed by atoms with Gasteiger partial charge in [-0.2, -0.15) is 5.10 Å². The number of anilines is 1. The molecule has 0 aliphatic rings. The van der Waals surface area contributed by atoms with Crippen molar-refractivity contribution in [3.05, 3.63) is 76.4 Å². The lowest BCUT2D eigenvalue weighted by atomic mass is 10.1. The van der Waals surface area contributed by atoms with Crippen molar-refractivity contribution < 1.29 is 10.0 Å². The molecule has 0 saturated heterocycles. The molecule has 2 aromatic carbocycles. The third-order valence-electron chi connectivity index (χ3n) is 3.00. The number of phenolic OH excluding ortho intramolecular Hbond substituents is 1. The quantitative estimate of drug-likeness (QED) is 0.370. The first kappa shape index (κ1) is 15.2. The number of nitrogens with one attached hydrogen (secondary N) is 1. The average Bonchev–Trinajstić information content (AvgIpc) is 2.51. The number of nitrogens with zero attached hydrogens (tertiary/aromatic N) is 2. The van der Waals surface area contributed by atoms with Crippen LogP contribution in [0.15, 0.2) is 60.2 Å². The average molecular weight is 297 g/mol. The molecule has 2 aromatic rings. The Balaban J connectivity index is 2.19. The molecule has 6 nitrogen and oxygen atoms in total. The molecule has 2 N–H and O–H groups in total. The van der Waals surface area contributed by atoms with Crippen molar-refractivity contribution in [3.8, 4) is 5.75 Å². The minimum Gasteiger partial charge on any atom is -0.507 e. The number of rotatable bonds is 6. The summed E-state index contributed by atoms with van der Waals surface area (Å²) in [7, 11) is 0. The summed E-state index contributed by atoms with van der Waals surface area (Å²) in [5, 5.41) is 24.9. The lowest BCUT2D eigenvalue weighted by molar-refractivity contribution is -0.384. The normalized spacial score (nSPS) is 10.5. The summed E-state index contributed by atoms with van der Waals surface area (Å²) < 4.78 is 0. The van der Waals surface area contributed by atoms with E-state index in [-0.39, 0.29) is 17.1 Å². The smallest absolute Gasteiger partial charge is 0.294 e. The number of phenols is 1. The van der Waals surface area contributed by atoms with Crippen LogP contribution in [0.5, 0.6) is 5.75 Å². The Labute approximate surface area is 127 Å². The number of hydrazone groups is 1. The zero-order chi connectivity index (χ0) is 15.9. The molecule has 0 fully saturated rings. The predicted molar refractivity (Wildman–Crippen MR) is 86.3 cm³/mol. The van der Waals surface area contributed by atoms with Gasteiger partial charge in [-0.15, -0.1) is 6.58 Å². The fourth-order valence-electron chi connectivity index (χ4n) is 1.93. The standard InChI is InChI=1S/C16H15N3O3/c1-2-6-12-7-5-8-13(16(12)20)11-17-18-14-9-3-4-10-15(14)19(21)22/h2-5,7-11,18,20H,1,6H2/b17-11-. The SMILES string of the molecule is C=CCc1cccc(/C=N\Nc2ccccc2[N+](=O)[O-])c1O. The van der Waals surface area contributed by atoms with Crippen LogP contribution in [0.4, 0.5) is 11.4 Å². The molecule has 0 amide bonds. The van der Waals surface area contributed by atoms with Crippen molar-refractivity contribution in [3.63, 3.8) is 0 Å². The van der Waals surface area contributed by atoms with Crippen LogP contribution in [-0.4, -0.2) is 16.2 Å². The number of hydrogen-bond donors (Lipinski definition) is 2. The molecule has 0 saturated carbocycles. The van der Waals surface area contributed by atoms with Crippen LogP contribution < -0.4 is 5.43 Å². The van der Waals surface area contributed by atoms with E-state index in [1.165, 1.54) is 12.3 Å². The second kappa shape index (κ2) is 7.03. The molecule has 0 aliphatic heterocycles. The zero-order valence-corrected chi connectivity index (χ0v) is 11.8. The Morgan fingerprint density at radius 2 is 2.05 bits per heavy atom. The highest BCUT2D eigenvalue weighted by Gasteiger charge is 2.11. The molecule has 0 atom stereocenters. The third-order valence-corrected chi connectivity index (χ3v) is 3.00. The minimum absolute atomic E-state index is 0.0655. The molecular weight excluding hydrogens is 282 g/mol. The number of aromatic hydroxyl groups is 1. The number of para-hydroxylation sites is 3. The van der Waals surface area contributed by atoms with Gasteiger partial charge < -0.3 is 5.11 Å². The molecule has 0 bridgehead atoms. The van der Waals surface area contributed by atoms with Gasteiger partial charge in [-0.25, -0.2) is 0 Å². The summed E-state index contributed by atoms with van der Waals surface area (Å²) in [6.45, 7) is 3.63. The Bertz CT molecular complexity index is 726. The summed E-state index contributed by atoms with van der Waals surface area (Å²) in [6, 6.07) is 11.5. The second-order valence-corrected chi connectivity index (χ2v) is 4.49. The minimum atomic E-state index is -0.486. The molecule has 6 heteroatoms. The first-order valence-corrected chi connectivity index (χ1v) is 6.57. The molecule has 112 valence electrons. The molecular formula is C16H15N3O3. The van der Waals surface area contributed by atoms with Crippen molar-refractivity contribution in [1.82, 2.24) is 0 Å². The van der Waals surface area contributed by atoms with E-state index < -0.39 is 4.92 Å². The van der Waals surface area contributed by atoms with Gasteiger partial charge in [-0.05, 0) is 24.1 Å². The van der Waals surface area contributed by atoms with E-state index in [9.17, 15) is 15.2 Å². The van der Waals surface area contributed by atoms with Gasteiger partial charge in [0.25, 0.3) is 5.69 Å². The maximum absolute atomic E-state index is 10.9. The maximum Gasteiger partial charge on any atom is 0.294 e. The number of nitro groups is 1. The van der Waals surface area contributed by atoms with Crippen LogP contribution in [0, 0.1) is 10.1 Å². The van der Waals surface area contributed by atoms with Gasteiger partial charge in [-0.3, -0.25) is 15.5 Å². The van der Waals surface area contributed by atoms with Crippen LogP contribution in [0.25, 0.3) is 0 Å². The molecule has 0 radical (unpaired) electrons. The number of hydrogen-bond acceptors (Lipinski definition) is 5. The first-order valence-electron chi connectivity index (χ1n) is 6.57. The first-order chi connectivity index (χ1) is 10.6. The topological polar surface area (TPSA) is 87.8 Å². The maximum atomic E-state index is 10.9. The van der Waals surface area contributed by atoms with E-state index in [0.717, 1.165) is 5.56 Å². The van der Waals surface area contributed by atoms with Gasteiger partial charge >= 0.3 is 0 Å². The van der Waals surface area contributed by atoms with Gasteiger partial charge in [0.15, 0.2) is 0 Å². The number of benzene rings is 2. The highest BCUT2D eigenvalue weighted by atomic mass is 16.6. The van der Waals surface area contributed by atoms with Crippen molar-refractivity contribution in [2.24, 2.45) is 5.10 Å². The lowest BCUT2D eigenvalue weighted by Gasteiger charge is -2.05. The fourth-order valence-corrected chi connectivity index (χ4v) is 1.93. The predicted octanol–water partition coefficient (Wildman–Crippen LogP) is 3.47. The molecule has 0 heterocycles. The monoisotopic (exact) mass is 297 g/mol. The highest BCUT2D eigenvalue weighted by molar-refractivity contribution is 5.84. The zero-order valence-electron chi connectivity index (χ0n) is 11.8. The van der Waals surface area contributed by atoms with Gasteiger partial charge in [0.2, 0.25) is 0 Å². The molecule has 2 rings (SSSR count). The Morgan fingerprint density at radius 1 is 1.27 bits per heavy atom. The van der Waals surface area contributed by atoms with Crippen LogP contribution in [-0.2, 0) is 6.42 Å². The lowest BCUT2D eigenvalue weighted by Crippen LogP contribution is -1.97. The highest BCUT2D eigenvalue weighted by Crippen LogP contribution is 2.24. The van der Waals surface area contributed by atoms with Crippen LogP contribution in [0.3, 0.4) is 0 Å². The van der Waals surface area contributed by atoms with E-state index in [2.05, 4.69) is 17.1 Å². The van der Waals surface area contributed by atoms with Crippen molar-refractivity contribution in [2.75, 3.05) is 5.43 Å². The van der Waals surface area contributed by atoms with E-state index >= 15 is 0 Å². The molecule has 0 spiro atoms. The summed E-state index contributed by atoms with van der Waals surface area (Å²) in [4.78, 5) is 10.4. The van der Waals surface area contributed by atoms with E-state index in [1.807, 2.05) is 0 Å². The van der Waals surface area contributed by atoms with Crippen molar-refractivity contribution >= 4 is 17.6 Å². The van der Waals surface area contributed by atoms with Gasteiger partial charge in [0.1, 0.15) is 11.4 Å². The molecule has 22 heavy (non-hydrogen) atoms. The van der Waals surface area contributed by atoms with E-state index in [0.29, 0.717) is 12.0 Å². The van der Waals surface area contributed by atoms with E-state index in [4.69, 9.17) is 0 Å². The summed E-state index contributed by atoms with van der Waals surface area (Å²) in [5.74, 6) is 0.121.